The van der Waals surface area contributed by atoms with Gasteiger partial charge in [0, 0.05) is 17.9 Å². The van der Waals surface area contributed by atoms with Crippen LogP contribution >= 0.6 is 11.6 Å². The topological polar surface area (TPSA) is 35.0 Å². The molecule has 3 nitrogen and oxygen atoms in total. The zero-order chi connectivity index (χ0) is 14.8. The summed E-state index contributed by atoms with van der Waals surface area (Å²) in [4.78, 5) is 9.09. The molecule has 0 fully saturated rings. The standard InChI is InChI=1S/C15H25ClN2O/c1-8-19-12(15(5,6)7)14-17-10(4)11(9(2)3)13(16)18-14/h9,12H,8H2,1-7H3. The van der Waals surface area contributed by atoms with Crippen molar-refractivity contribution in [3.05, 3.63) is 22.2 Å². The SMILES string of the molecule is CCOC(c1nc(C)c(C(C)C)c(Cl)n1)C(C)(C)C. The Bertz CT molecular complexity index is 415. The largest absolute Gasteiger partial charge is 0.370 e. The van der Waals surface area contributed by atoms with Gasteiger partial charge in [0.25, 0.3) is 0 Å². The number of nitrogens with zero attached hydrogens (tertiary/aromatic N) is 2. The van der Waals surface area contributed by atoms with Crippen LogP contribution in [0.1, 0.15) is 70.6 Å². The van der Waals surface area contributed by atoms with Crippen molar-refractivity contribution >= 4 is 11.6 Å². The first-order valence-electron chi connectivity index (χ1n) is 6.84. The normalized spacial score (nSPS) is 13.9. The van der Waals surface area contributed by atoms with Gasteiger partial charge in [-0.1, -0.05) is 46.2 Å². The third-order valence-electron chi connectivity index (χ3n) is 3.04. The molecule has 0 aromatic carbocycles. The van der Waals surface area contributed by atoms with Crippen LogP contribution in [0.3, 0.4) is 0 Å². The molecule has 1 atom stereocenters. The molecule has 0 N–H and O–H groups in total. The Kier molecular flexibility index (Phi) is 5.34. The van der Waals surface area contributed by atoms with Crippen molar-refractivity contribution in [1.29, 1.82) is 0 Å². The number of aryl methyl sites for hydroxylation is 1. The predicted octanol–water partition coefficient (Wildman–Crippen LogP) is 4.69. The van der Waals surface area contributed by atoms with Gasteiger partial charge in [0.2, 0.25) is 0 Å². The molecule has 19 heavy (non-hydrogen) atoms. The molecule has 1 unspecified atom stereocenters. The minimum atomic E-state index is -0.144. The summed E-state index contributed by atoms with van der Waals surface area (Å²) in [6, 6.07) is 0. The van der Waals surface area contributed by atoms with Crippen LogP contribution in [0, 0.1) is 12.3 Å². The molecule has 0 aliphatic carbocycles. The third-order valence-corrected chi connectivity index (χ3v) is 3.33. The number of halogens is 1. The molecule has 4 heteroatoms. The monoisotopic (exact) mass is 284 g/mol. The summed E-state index contributed by atoms with van der Waals surface area (Å²) >= 11 is 6.32. The van der Waals surface area contributed by atoms with Gasteiger partial charge in [-0.05, 0) is 25.2 Å². The van der Waals surface area contributed by atoms with Gasteiger partial charge in [-0.2, -0.15) is 0 Å². The predicted molar refractivity (Wildman–Crippen MR) is 79.7 cm³/mol. The summed E-state index contributed by atoms with van der Waals surface area (Å²) in [7, 11) is 0. The van der Waals surface area contributed by atoms with E-state index in [1.165, 1.54) is 0 Å². The lowest BCUT2D eigenvalue weighted by atomic mass is 9.88. The highest BCUT2D eigenvalue weighted by Crippen LogP contribution is 2.36. The average molecular weight is 285 g/mol. The van der Waals surface area contributed by atoms with Gasteiger partial charge in [0.05, 0.1) is 0 Å². The number of hydrogen-bond acceptors (Lipinski definition) is 3. The Labute approximate surface area is 121 Å². The first-order valence-corrected chi connectivity index (χ1v) is 7.21. The van der Waals surface area contributed by atoms with Crippen LogP contribution in [0.25, 0.3) is 0 Å². The van der Waals surface area contributed by atoms with Gasteiger partial charge in [0.15, 0.2) is 5.82 Å². The summed E-state index contributed by atoms with van der Waals surface area (Å²) < 4.78 is 5.82. The van der Waals surface area contributed by atoms with Gasteiger partial charge < -0.3 is 4.74 Å². The van der Waals surface area contributed by atoms with Crippen LogP contribution in [0.5, 0.6) is 0 Å². The maximum atomic E-state index is 6.32. The van der Waals surface area contributed by atoms with E-state index in [-0.39, 0.29) is 11.5 Å². The number of ether oxygens (including phenoxy) is 1. The molecule has 0 saturated carbocycles. The highest BCUT2D eigenvalue weighted by atomic mass is 35.5. The zero-order valence-electron chi connectivity index (χ0n) is 13.0. The van der Waals surface area contributed by atoms with E-state index in [0.717, 1.165) is 11.3 Å². The molecule has 0 spiro atoms. The van der Waals surface area contributed by atoms with Crippen molar-refractivity contribution in [3.8, 4) is 0 Å². The third kappa shape index (κ3) is 3.90. The van der Waals surface area contributed by atoms with Crippen LogP contribution in [0.15, 0.2) is 0 Å². The number of hydrogen-bond donors (Lipinski definition) is 0. The van der Waals surface area contributed by atoms with Crippen molar-refractivity contribution in [2.75, 3.05) is 6.61 Å². The lowest BCUT2D eigenvalue weighted by molar-refractivity contribution is -0.0192. The average Bonchev–Trinajstić information content (AvgIpc) is 2.22. The molecule has 0 saturated heterocycles. The maximum Gasteiger partial charge on any atom is 0.159 e. The molecule has 1 aromatic rings. The quantitative estimate of drug-likeness (QED) is 0.753. The molecule has 0 radical (unpaired) electrons. The Morgan fingerprint density at radius 2 is 1.79 bits per heavy atom. The fraction of sp³-hybridized carbons (Fsp3) is 0.733. The summed E-state index contributed by atoms with van der Waals surface area (Å²) in [5.74, 6) is 1.00. The van der Waals surface area contributed by atoms with E-state index in [4.69, 9.17) is 16.3 Å². The van der Waals surface area contributed by atoms with E-state index in [9.17, 15) is 0 Å². The highest BCUT2D eigenvalue weighted by molar-refractivity contribution is 6.30. The van der Waals surface area contributed by atoms with Crippen LogP contribution in [0.2, 0.25) is 5.15 Å². The van der Waals surface area contributed by atoms with E-state index in [1.807, 2.05) is 13.8 Å². The first-order chi connectivity index (χ1) is 8.68. The lowest BCUT2D eigenvalue weighted by Gasteiger charge is -2.29. The molecular weight excluding hydrogens is 260 g/mol. The van der Waals surface area contributed by atoms with Gasteiger partial charge >= 0.3 is 0 Å². The fourth-order valence-electron chi connectivity index (χ4n) is 2.22. The molecule has 0 aliphatic rings. The highest BCUT2D eigenvalue weighted by Gasteiger charge is 2.30. The Morgan fingerprint density at radius 1 is 1.21 bits per heavy atom. The van der Waals surface area contributed by atoms with Crippen molar-refractivity contribution in [1.82, 2.24) is 9.97 Å². The second kappa shape index (κ2) is 6.19. The van der Waals surface area contributed by atoms with E-state index < -0.39 is 0 Å². The zero-order valence-corrected chi connectivity index (χ0v) is 13.8. The minimum absolute atomic E-state index is 0.0644. The van der Waals surface area contributed by atoms with Crippen molar-refractivity contribution in [3.63, 3.8) is 0 Å². The first kappa shape index (κ1) is 16.4. The van der Waals surface area contributed by atoms with Crippen molar-refractivity contribution in [2.45, 2.75) is 60.5 Å². The summed E-state index contributed by atoms with van der Waals surface area (Å²) in [6.45, 7) is 15.2. The van der Waals surface area contributed by atoms with E-state index in [1.54, 1.807) is 0 Å². The smallest absolute Gasteiger partial charge is 0.159 e. The second-order valence-corrected chi connectivity index (χ2v) is 6.59. The van der Waals surface area contributed by atoms with E-state index >= 15 is 0 Å². The molecule has 0 amide bonds. The number of aromatic nitrogens is 2. The Morgan fingerprint density at radius 3 is 2.16 bits per heavy atom. The summed E-state index contributed by atoms with van der Waals surface area (Å²) in [5.41, 5.74) is 1.90. The number of rotatable bonds is 4. The van der Waals surface area contributed by atoms with Crippen LogP contribution < -0.4 is 0 Å². The Balaban J connectivity index is 3.27. The summed E-state index contributed by atoms with van der Waals surface area (Å²) in [6.07, 6.45) is -0.144. The molecule has 0 bridgehead atoms. The lowest BCUT2D eigenvalue weighted by Crippen LogP contribution is -2.24. The molecule has 108 valence electrons. The molecule has 0 aliphatic heterocycles. The van der Waals surface area contributed by atoms with Gasteiger partial charge in [0.1, 0.15) is 11.3 Å². The second-order valence-electron chi connectivity index (χ2n) is 6.23. The van der Waals surface area contributed by atoms with Crippen molar-refractivity contribution in [2.24, 2.45) is 5.41 Å². The fourth-order valence-corrected chi connectivity index (χ4v) is 2.66. The molecule has 1 aromatic heterocycles. The van der Waals surface area contributed by atoms with Crippen LogP contribution in [-0.4, -0.2) is 16.6 Å². The molecular formula is C15H25ClN2O. The van der Waals surface area contributed by atoms with Crippen LogP contribution in [0.4, 0.5) is 0 Å². The minimum Gasteiger partial charge on any atom is -0.370 e. The van der Waals surface area contributed by atoms with Gasteiger partial charge in [-0.15, -0.1) is 0 Å². The maximum absolute atomic E-state index is 6.32. The molecule has 1 rings (SSSR count). The summed E-state index contributed by atoms with van der Waals surface area (Å²) in [5, 5.41) is 0.548. The Hall–Kier alpha value is -0.670. The van der Waals surface area contributed by atoms with E-state index in [0.29, 0.717) is 23.5 Å². The van der Waals surface area contributed by atoms with Crippen LogP contribution in [-0.2, 0) is 4.74 Å². The van der Waals surface area contributed by atoms with Gasteiger partial charge in [-0.25, -0.2) is 9.97 Å². The van der Waals surface area contributed by atoms with E-state index in [2.05, 4.69) is 44.6 Å². The molecule has 1 heterocycles. The van der Waals surface area contributed by atoms with Gasteiger partial charge in [-0.3, -0.25) is 0 Å². The van der Waals surface area contributed by atoms with Crippen molar-refractivity contribution < 1.29 is 4.74 Å².